The summed E-state index contributed by atoms with van der Waals surface area (Å²) in [5.74, 6) is 0.932. The Morgan fingerprint density at radius 1 is 1.26 bits per heavy atom. The van der Waals surface area contributed by atoms with E-state index in [4.69, 9.17) is 4.98 Å². The van der Waals surface area contributed by atoms with E-state index in [0.29, 0.717) is 18.8 Å². The molecule has 0 N–H and O–H groups in total. The predicted octanol–water partition coefficient (Wildman–Crippen LogP) is 2.99. The lowest BCUT2D eigenvalue weighted by Gasteiger charge is -2.19. The first-order valence-corrected chi connectivity index (χ1v) is 13.8. The van der Waals surface area contributed by atoms with Crippen LogP contribution >= 0.6 is 11.3 Å². The van der Waals surface area contributed by atoms with Crippen LogP contribution in [0.3, 0.4) is 0 Å². The summed E-state index contributed by atoms with van der Waals surface area (Å²) in [6.07, 6.45) is 0.575. The average molecular weight is 499 g/mol. The molecule has 4 heterocycles. The summed E-state index contributed by atoms with van der Waals surface area (Å²) < 4.78 is 27.6. The monoisotopic (exact) mass is 498 g/mol. The number of carbonyl (C=O) groups is 1. The minimum Gasteiger partial charge on any atom is -0.340 e. The van der Waals surface area contributed by atoms with E-state index in [-0.39, 0.29) is 30.0 Å². The Labute approximate surface area is 202 Å². The number of imidazole rings is 1. The lowest BCUT2D eigenvalue weighted by atomic mass is 10.1. The summed E-state index contributed by atoms with van der Waals surface area (Å²) in [5, 5.41) is 6.55. The Morgan fingerprint density at radius 3 is 2.76 bits per heavy atom. The SMILES string of the molecule is Cc1nn([C@@H]2CCS(=O)(=O)C2)c(C)c1CN(C)C(=O)Cn1c(-c2cscn2)nc2ccccc21. The van der Waals surface area contributed by atoms with Gasteiger partial charge in [-0.3, -0.25) is 9.48 Å². The minimum atomic E-state index is -3.01. The van der Waals surface area contributed by atoms with Gasteiger partial charge in [-0.05, 0) is 32.4 Å². The highest BCUT2D eigenvalue weighted by Crippen LogP contribution is 2.28. The summed E-state index contributed by atoms with van der Waals surface area (Å²) in [6, 6.07) is 7.61. The quantitative estimate of drug-likeness (QED) is 0.405. The van der Waals surface area contributed by atoms with Gasteiger partial charge < -0.3 is 9.47 Å². The molecule has 1 aliphatic rings. The van der Waals surface area contributed by atoms with E-state index < -0.39 is 9.84 Å². The molecule has 1 aromatic carbocycles. The van der Waals surface area contributed by atoms with E-state index in [1.165, 1.54) is 11.3 Å². The van der Waals surface area contributed by atoms with E-state index in [0.717, 1.165) is 33.7 Å². The van der Waals surface area contributed by atoms with Gasteiger partial charge in [0.2, 0.25) is 5.91 Å². The zero-order valence-corrected chi connectivity index (χ0v) is 20.9. The Morgan fingerprint density at radius 2 is 2.06 bits per heavy atom. The zero-order chi connectivity index (χ0) is 24.0. The molecule has 1 atom stereocenters. The van der Waals surface area contributed by atoms with Crippen LogP contribution in [0.15, 0.2) is 35.2 Å². The molecular formula is C23H26N6O3S2. The largest absolute Gasteiger partial charge is 0.340 e. The first kappa shape index (κ1) is 22.7. The standard InChI is InChI=1S/C23H26N6O3S2/c1-15-18(16(2)29(26-15)17-8-9-34(31,32)13-17)10-27(3)22(30)11-28-21-7-5-4-6-19(21)25-23(28)20-12-33-14-24-20/h4-7,12,14,17H,8-11,13H2,1-3H3/t17-/m1/s1. The maximum Gasteiger partial charge on any atom is 0.242 e. The molecule has 0 aliphatic carbocycles. The zero-order valence-electron chi connectivity index (χ0n) is 19.3. The van der Waals surface area contributed by atoms with Gasteiger partial charge in [0.25, 0.3) is 0 Å². The summed E-state index contributed by atoms with van der Waals surface area (Å²) in [4.78, 5) is 24.1. The molecule has 1 fully saturated rings. The maximum atomic E-state index is 13.3. The third-order valence-electron chi connectivity index (χ3n) is 6.46. The van der Waals surface area contributed by atoms with Crippen molar-refractivity contribution in [3.8, 4) is 11.5 Å². The van der Waals surface area contributed by atoms with E-state index in [9.17, 15) is 13.2 Å². The van der Waals surface area contributed by atoms with Crippen molar-refractivity contribution in [3.05, 3.63) is 52.1 Å². The van der Waals surface area contributed by atoms with Crippen LogP contribution in [0, 0.1) is 13.8 Å². The number of thiazole rings is 1. The average Bonchev–Trinajstić information content (AvgIpc) is 3.57. The third kappa shape index (κ3) is 4.14. The van der Waals surface area contributed by atoms with Crippen molar-refractivity contribution < 1.29 is 13.2 Å². The fraction of sp³-hybridized carbons (Fsp3) is 0.391. The molecular weight excluding hydrogens is 472 g/mol. The highest BCUT2D eigenvalue weighted by molar-refractivity contribution is 7.91. The normalized spacial score (nSPS) is 17.4. The third-order valence-corrected chi connectivity index (χ3v) is 8.80. The molecule has 1 amide bonds. The number of rotatable bonds is 6. The smallest absolute Gasteiger partial charge is 0.242 e. The summed E-state index contributed by atoms with van der Waals surface area (Å²) >= 11 is 1.49. The molecule has 178 valence electrons. The van der Waals surface area contributed by atoms with Crippen molar-refractivity contribution in [1.29, 1.82) is 0 Å². The predicted molar refractivity (Wildman–Crippen MR) is 131 cm³/mol. The van der Waals surface area contributed by atoms with Crippen LogP contribution in [-0.4, -0.2) is 62.1 Å². The van der Waals surface area contributed by atoms with Gasteiger partial charge in [-0.2, -0.15) is 5.10 Å². The second kappa shape index (κ2) is 8.62. The second-order valence-electron chi connectivity index (χ2n) is 8.78. The molecule has 0 bridgehead atoms. The summed E-state index contributed by atoms with van der Waals surface area (Å²) in [5.41, 5.74) is 6.89. The Bertz CT molecular complexity index is 1470. The Hall–Kier alpha value is -3.05. The van der Waals surface area contributed by atoms with Gasteiger partial charge in [-0.1, -0.05) is 12.1 Å². The number of para-hydroxylation sites is 2. The number of amides is 1. The Kier molecular flexibility index (Phi) is 5.76. The van der Waals surface area contributed by atoms with Crippen LogP contribution in [0.4, 0.5) is 0 Å². The van der Waals surface area contributed by atoms with Crippen LogP contribution in [-0.2, 0) is 27.7 Å². The molecule has 5 rings (SSSR count). The molecule has 1 saturated heterocycles. The number of hydrogen-bond donors (Lipinski definition) is 0. The number of sulfone groups is 1. The van der Waals surface area contributed by atoms with Gasteiger partial charge in [0.15, 0.2) is 15.7 Å². The maximum absolute atomic E-state index is 13.3. The highest BCUT2D eigenvalue weighted by Gasteiger charge is 2.31. The van der Waals surface area contributed by atoms with Gasteiger partial charge in [0.05, 0.1) is 39.8 Å². The summed E-state index contributed by atoms with van der Waals surface area (Å²) in [6.45, 7) is 4.39. The molecule has 0 saturated carbocycles. The number of hydrogen-bond acceptors (Lipinski definition) is 7. The molecule has 11 heteroatoms. The number of aryl methyl sites for hydroxylation is 1. The first-order valence-electron chi connectivity index (χ1n) is 11.1. The number of aromatic nitrogens is 5. The molecule has 34 heavy (non-hydrogen) atoms. The molecule has 4 aromatic rings. The topological polar surface area (TPSA) is 103 Å². The molecule has 9 nitrogen and oxygen atoms in total. The number of nitrogens with zero attached hydrogens (tertiary/aromatic N) is 6. The van der Waals surface area contributed by atoms with Crippen molar-refractivity contribution in [3.63, 3.8) is 0 Å². The summed E-state index contributed by atoms with van der Waals surface area (Å²) in [7, 11) is -1.23. The van der Waals surface area contributed by atoms with Gasteiger partial charge in [0, 0.05) is 30.2 Å². The van der Waals surface area contributed by atoms with Gasteiger partial charge in [0.1, 0.15) is 12.2 Å². The minimum absolute atomic E-state index is 0.0605. The first-order chi connectivity index (χ1) is 16.2. The van der Waals surface area contributed by atoms with Gasteiger partial charge in [-0.15, -0.1) is 11.3 Å². The molecule has 0 spiro atoms. The van der Waals surface area contributed by atoms with Crippen LogP contribution in [0.2, 0.25) is 0 Å². The Balaban J connectivity index is 1.39. The van der Waals surface area contributed by atoms with Gasteiger partial charge >= 0.3 is 0 Å². The number of likely N-dealkylation sites (N-methyl/N-ethyl adjacent to an activating group) is 1. The van der Waals surface area contributed by atoms with Crippen LogP contribution in [0.5, 0.6) is 0 Å². The van der Waals surface area contributed by atoms with Gasteiger partial charge in [-0.25, -0.2) is 18.4 Å². The van der Waals surface area contributed by atoms with E-state index in [1.54, 1.807) is 17.5 Å². The van der Waals surface area contributed by atoms with Crippen molar-refractivity contribution in [2.75, 3.05) is 18.6 Å². The van der Waals surface area contributed by atoms with Crippen LogP contribution in [0.1, 0.15) is 29.4 Å². The van der Waals surface area contributed by atoms with Crippen LogP contribution in [0.25, 0.3) is 22.6 Å². The highest BCUT2D eigenvalue weighted by atomic mass is 32.2. The molecule has 0 radical (unpaired) electrons. The van der Waals surface area contributed by atoms with E-state index >= 15 is 0 Å². The molecule has 1 aliphatic heterocycles. The number of carbonyl (C=O) groups excluding carboxylic acids is 1. The number of benzene rings is 1. The van der Waals surface area contributed by atoms with Crippen molar-refractivity contribution in [2.45, 2.75) is 39.4 Å². The van der Waals surface area contributed by atoms with Crippen molar-refractivity contribution >= 4 is 38.1 Å². The molecule has 0 unspecified atom stereocenters. The lowest BCUT2D eigenvalue weighted by molar-refractivity contribution is -0.130. The fourth-order valence-corrected chi connectivity index (χ4v) is 6.81. The van der Waals surface area contributed by atoms with Crippen LogP contribution < -0.4 is 0 Å². The molecule has 3 aromatic heterocycles. The van der Waals surface area contributed by atoms with E-state index in [2.05, 4.69) is 10.1 Å². The lowest BCUT2D eigenvalue weighted by Crippen LogP contribution is -2.30. The second-order valence-corrected chi connectivity index (χ2v) is 11.7. The van der Waals surface area contributed by atoms with Crippen molar-refractivity contribution in [1.82, 2.24) is 29.2 Å². The van der Waals surface area contributed by atoms with Crippen molar-refractivity contribution in [2.24, 2.45) is 0 Å². The number of fused-ring (bicyclic) bond motifs is 1. The fourth-order valence-electron chi connectivity index (χ4n) is 4.59. The van der Waals surface area contributed by atoms with E-state index in [1.807, 2.05) is 52.7 Å².